The molecule has 0 aliphatic heterocycles. The fourth-order valence-electron chi connectivity index (χ4n) is 2.14. The molecule has 3 atom stereocenters. The van der Waals surface area contributed by atoms with Crippen molar-refractivity contribution in [2.24, 2.45) is 17.6 Å². The van der Waals surface area contributed by atoms with E-state index in [1.807, 2.05) is 6.92 Å². The molecular weight excluding hydrogens is 188 g/mol. The van der Waals surface area contributed by atoms with Gasteiger partial charge in [0.2, 0.25) is 5.91 Å². The minimum Gasteiger partial charge on any atom is -0.353 e. The minimum atomic E-state index is -0.0551. The van der Waals surface area contributed by atoms with Crippen LogP contribution in [0.4, 0.5) is 0 Å². The van der Waals surface area contributed by atoms with Crippen LogP contribution in [0.2, 0.25) is 0 Å². The van der Waals surface area contributed by atoms with Gasteiger partial charge >= 0.3 is 0 Å². The number of amides is 1. The van der Waals surface area contributed by atoms with Gasteiger partial charge < -0.3 is 11.1 Å². The van der Waals surface area contributed by atoms with Gasteiger partial charge in [-0.25, -0.2) is 0 Å². The molecule has 1 aliphatic rings. The van der Waals surface area contributed by atoms with E-state index in [0.717, 1.165) is 6.42 Å². The second kappa shape index (κ2) is 6.11. The van der Waals surface area contributed by atoms with Crippen molar-refractivity contribution in [2.75, 3.05) is 6.54 Å². The molecule has 1 amide bonds. The van der Waals surface area contributed by atoms with Crippen molar-refractivity contribution >= 4 is 5.91 Å². The lowest BCUT2D eigenvalue weighted by Crippen LogP contribution is -2.43. The van der Waals surface area contributed by atoms with E-state index < -0.39 is 0 Å². The molecule has 0 bridgehead atoms. The van der Waals surface area contributed by atoms with Crippen molar-refractivity contribution in [3.8, 4) is 0 Å². The van der Waals surface area contributed by atoms with Gasteiger partial charge in [0.15, 0.2) is 0 Å². The summed E-state index contributed by atoms with van der Waals surface area (Å²) < 4.78 is 0. The van der Waals surface area contributed by atoms with Crippen LogP contribution < -0.4 is 11.1 Å². The predicted molar refractivity (Wildman–Crippen MR) is 62.4 cm³/mol. The molecule has 1 fully saturated rings. The number of hydrogen-bond acceptors (Lipinski definition) is 2. The Kier molecular flexibility index (Phi) is 5.09. The number of nitrogens with one attached hydrogen (secondary N) is 1. The lowest BCUT2D eigenvalue weighted by Gasteiger charge is -2.24. The van der Waals surface area contributed by atoms with Crippen molar-refractivity contribution in [1.82, 2.24) is 5.32 Å². The SMILES string of the molecule is CC(CN)C(=O)NC1CCCCCC1C. The third-order valence-electron chi connectivity index (χ3n) is 3.49. The molecule has 0 aromatic carbocycles. The number of carbonyl (C=O) groups excluding carboxylic acids is 1. The van der Waals surface area contributed by atoms with Gasteiger partial charge in [0.1, 0.15) is 0 Å². The Balaban J connectivity index is 2.44. The minimum absolute atomic E-state index is 0.0551. The van der Waals surface area contributed by atoms with E-state index in [-0.39, 0.29) is 11.8 Å². The summed E-state index contributed by atoms with van der Waals surface area (Å²) in [5.74, 6) is 0.679. The molecule has 3 N–H and O–H groups in total. The second-order valence-electron chi connectivity index (χ2n) is 4.87. The van der Waals surface area contributed by atoms with Crippen LogP contribution in [0.25, 0.3) is 0 Å². The topological polar surface area (TPSA) is 55.1 Å². The van der Waals surface area contributed by atoms with Crippen LogP contribution in [-0.4, -0.2) is 18.5 Å². The molecular formula is C12H24N2O. The average molecular weight is 212 g/mol. The number of carbonyl (C=O) groups is 1. The van der Waals surface area contributed by atoms with Gasteiger partial charge in [0.25, 0.3) is 0 Å². The van der Waals surface area contributed by atoms with Gasteiger partial charge in [-0.05, 0) is 18.8 Å². The fourth-order valence-corrected chi connectivity index (χ4v) is 2.14. The summed E-state index contributed by atoms with van der Waals surface area (Å²) in [6.07, 6.45) is 6.22. The molecule has 1 rings (SSSR count). The van der Waals surface area contributed by atoms with Crippen LogP contribution in [-0.2, 0) is 4.79 Å². The van der Waals surface area contributed by atoms with Gasteiger partial charge in [-0.1, -0.05) is 33.1 Å². The van der Waals surface area contributed by atoms with Gasteiger partial charge in [-0.2, -0.15) is 0 Å². The van der Waals surface area contributed by atoms with Crippen molar-refractivity contribution < 1.29 is 4.79 Å². The highest BCUT2D eigenvalue weighted by Gasteiger charge is 2.23. The Morgan fingerprint density at radius 2 is 2.07 bits per heavy atom. The first kappa shape index (κ1) is 12.5. The summed E-state index contributed by atoms with van der Waals surface area (Å²) in [5, 5.41) is 3.14. The molecule has 1 saturated carbocycles. The zero-order valence-corrected chi connectivity index (χ0v) is 9.96. The smallest absolute Gasteiger partial charge is 0.224 e. The maximum absolute atomic E-state index is 11.7. The maximum atomic E-state index is 11.7. The summed E-state index contributed by atoms with van der Waals surface area (Å²) in [5.41, 5.74) is 5.48. The van der Waals surface area contributed by atoms with E-state index in [2.05, 4.69) is 12.2 Å². The van der Waals surface area contributed by atoms with Gasteiger partial charge in [0, 0.05) is 18.5 Å². The van der Waals surface area contributed by atoms with Crippen molar-refractivity contribution in [2.45, 2.75) is 52.0 Å². The molecule has 0 aromatic rings. The number of hydrogen-bond donors (Lipinski definition) is 2. The largest absolute Gasteiger partial charge is 0.353 e. The maximum Gasteiger partial charge on any atom is 0.224 e. The number of rotatable bonds is 3. The van der Waals surface area contributed by atoms with Crippen LogP contribution in [0.15, 0.2) is 0 Å². The van der Waals surface area contributed by atoms with E-state index in [1.165, 1.54) is 25.7 Å². The normalized spacial score (nSPS) is 29.3. The summed E-state index contributed by atoms with van der Waals surface area (Å²) in [7, 11) is 0. The van der Waals surface area contributed by atoms with Crippen molar-refractivity contribution in [1.29, 1.82) is 0 Å². The average Bonchev–Trinajstić information content (AvgIpc) is 2.43. The summed E-state index contributed by atoms with van der Waals surface area (Å²) >= 11 is 0. The van der Waals surface area contributed by atoms with Crippen LogP contribution in [0.3, 0.4) is 0 Å². The van der Waals surface area contributed by atoms with Gasteiger partial charge in [-0.3, -0.25) is 4.79 Å². The van der Waals surface area contributed by atoms with Crippen LogP contribution in [0, 0.1) is 11.8 Å². The lowest BCUT2D eigenvalue weighted by molar-refractivity contribution is -0.125. The third kappa shape index (κ3) is 3.82. The highest BCUT2D eigenvalue weighted by atomic mass is 16.1. The van der Waals surface area contributed by atoms with Crippen molar-refractivity contribution in [3.05, 3.63) is 0 Å². The van der Waals surface area contributed by atoms with Gasteiger partial charge in [0.05, 0.1) is 0 Å². The fraction of sp³-hybridized carbons (Fsp3) is 0.917. The predicted octanol–water partition coefficient (Wildman–Crippen LogP) is 1.67. The molecule has 3 heteroatoms. The first-order valence-electron chi connectivity index (χ1n) is 6.15. The Morgan fingerprint density at radius 1 is 1.40 bits per heavy atom. The first-order chi connectivity index (χ1) is 7.15. The Labute approximate surface area is 92.8 Å². The second-order valence-corrected chi connectivity index (χ2v) is 4.87. The third-order valence-corrected chi connectivity index (χ3v) is 3.49. The van der Waals surface area contributed by atoms with Crippen LogP contribution >= 0.6 is 0 Å². The van der Waals surface area contributed by atoms with E-state index in [0.29, 0.717) is 18.5 Å². The summed E-state index contributed by atoms with van der Waals surface area (Å²) in [6, 6.07) is 0.369. The van der Waals surface area contributed by atoms with E-state index in [9.17, 15) is 4.79 Å². The molecule has 0 aromatic heterocycles. The molecule has 1 aliphatic carbocycles. The quantitative estimate of drug-likeness (QED) is 0.699. The molecule has 0 radical (unpaired) electrons. The van der Waals surface area contributed by atoms with E-state index >= 15 is 0 Å². The Hall–Kier alpha value is -0.570. The Morgan fingerprint density at radius 3 is 2.73 bits per heavy atom. The lowest BCUT2D eigenvalue weighted by atomic mass is 9.96. The van der Waals surface area contributed by atoms with E-state index in [1.54, 1.807) is 0 Å². The molecule has 0 spiro atoms. The molecule has 0 saturated heterocycles. The first-order valence-corrected chi connectivity index (χ1v) is 6.15. The van der Waals surface area contributed by atoms with Gasteiger partial charge in [-0.15, -0.1) is 0 Å². The number of nitrogens with two attached hydrogens (primary N) is 1. The molecule has 3 unspecified atom stereocenters. The standard InChI is InChI=1S/C12H24N2O/c1-9-6-4-3-5-7-11(9)14-12(15)10(2)8-13/h9-11H,3-8,13H2,1-2H3,(H,14,15). The molecule has 15 heavy (non-hydrogen) atoms. The monoisotopic (exact) mass is 212 g/mol. The van der Waals surface area contributed by atoms with E-state index in [4.69, 9.17) is 5.73 Å². The Bertz CT molecular complexity index is 206. The summed E-state index contributed by atoms with van der Waals surface area (Å²) in [4.78, 5) is 11.7. The zero-order valence-electron chi connectivity index (χ0n) is 9.96. The summed E-state index contributed by atoms with van der Waals surface area (Å²) in [6.45, 7) is 4.56. The van der Waals surface area contributed by atoms with Crippen molar-refractivity contribution in [3.63, 3.8) is 0 Å². The molecule has 0 heterocycles. The molecule has 88 valence electrons. The highest BCUT2D eigenvalue weighted by molar-refractivity contribution is 5.78. The van der Waals surface area contributed by atoms with Crippen LogP contribution in [0.5, 0.6) is 0 Å². The zero-order chi connectivity index (χ0) is 11.3. The highest BCUT2D eigenvalue weighted by Crippen LogP contribution is 2.23. The van der Waals surface area contributed by atoms with Crippen LogP contribution in [0.1, 0.15) is 46.0 Å². The molecule has 3 nitrogen and oxygen atoms in total.